The Hall–Kier alpha value is -2.91. The third-order valence-electron chi connectivity index (χ3n) is 2.94. The number of benzene rings is 2. The van der Waals surface area contributed by atoms with Crippen molar-refractivity contribution in [2.75, 3.05) is 5.32 Å². The molecule has 0 aromatic heterocycles. The number of hydrogen-bond donors (Lipinski definition) is 2. The van der Waals surface area contributed by atoms with Crippen molar-refractivity contribution in [3.05, 3.63) is 69.7 Å². The van der Waals surface area contributed by atoms with Crippen molar-refractivity contribution in [2.24, 2.45) is 0 Å². The summed E-state index contributed by atoms with van der Waals surface area (Å²) >= 11 is 3.31. The van der Waals surface area contributed by atoms with Gasteiger partial charge in [-0.15, -0.1) is 0 Å². The lowest BCUT2D eigenvalue weighted by Crippen LogP contribution is -2.13. The highest BCUT2D eigenvalue weighted by molar-refractivity contribution is 9.10. The van der Waals surface area contributed by atoms with Crippen molar-refractivity contribution in [1.29, 1.82) is 5.26 Å². The standard InChI is InChI=1S/C17H11BrN2O3/c18-14-5-1-11(2-6-14)9-13(10-19)16(21)20-15-7-3-12(4-8-15)17(22)23/h1-9H,(H,20,21)(H,22,23)/b13-9+. The molecule has 2 N–H and O–H groups in total. The maximum atomic E-state index is 12.1. The zero-order valence-corrected chi connectivity index (χ0v) is 13.4. The Labute approximate surface area is 141 Å². The lowest BCUT2D eigenvalue weighted by Gasteiger charge is -2.05. The van der Waals surface area contributed by atoms with Crippen LogP contribution in [0.25, 0.3) is 6.08 Å². The topological polar surface area (TPSA) is 90.2 Å². The molecule has 5 nitrogen and oxygen atoms in total. The van der Waals surface area contributed by atoms with E-state index < -0.39 is 11.9 Å². The summed E-state index contributed by atoms with van der Waals surface area (Å²) in [4.78, 5) is 22.9. The van der Waals surface area contributed by atoms with Gasteiger partial charge in [0.2, 0.25) is 0 Å². The molecular formula is C17H11BrN2O3. The van der Waals surface area contributed by atoms with Crippen LogP contribution in [0.5, 0.6) is 0 Å². The SMILES string of the molecule is N#C/C(=C\c1ccc(Br)cc1)C(=O)Nc1ccc(C(=O)O)cc1. The third kappa shape index (κ3) is 4.53. The van der Waals surface area contributed by atoms with Crippen LogP contribution < -0.4 is 5.32 Å². The van der Waals surface area contributed by atoms with Gasteiger partial charge in [0.1, 0.15) is 11.6 Å². The van der Waals surface area contributed by atoms with E-state index in [1.54, 1.807) is 12.1 Å². The summed E-state index contributed by atoms with van der Waals surface area (Å²) in [6.45, 7) is 0. The van der Waals surface area contributed by atoms with Gasteiger partial charge in [-0.1, -0.05) is 28.1 Å². The molecule has 0 atom stereocenters. The smallest absolute Gasteiger partial charge is 0.335 e. The molecule has 0 spiro atoms. The average Bonchev–Trinajstić information content (AvgIpc) is 2.54. The number of carbonyl (C=O) groups excluding carboxylic acids is 1. The summed E-state index contributed by atoms with van der Waals surface area (Å²) < 4.78 is 0.899. The number of nitrogens with zero attached hydrogens (tertiary/aromatic N) is 1. The molecule has 0 bridgehead atoms. The molecule has 0 saturated carbocycles. The second-order valence-electron chi connectivity index (χ2n) is 4.56. The Balaban J connectivity index is 2.15. The Morgan fingerprint density at radius 2 is 1.70 bits per heavy atom. The molecule has 114 valence electrons. The molecule has 0 aliphatic heterocycles. The Morgan fingerprint density at radius 1 is 1.09 bits per heavy atom. The van der Waals surface area contributed by atoms with Gasteiger partial charge in [-0.05, 0) is 48.0 Å². The third-order valence-corrected chi connectivity index (χ3v) is 3.46. The Morgan fingerprint density at radius 3 is 2.22 bits per heavy atom. The highest BCUT2D eigenvalue weighted by Gasteiger charge is 2.10. The quantitative estimate of drug-likeness (QED) is 0.634. The number of nitrogens with one attached hydrogen (secondary N) is 1. The van der Waals surface area contributed by atoms with Crippen molar-refractivity contribution >= 4 is 39.6 Å². The van der Waals surface area contributed by atoms with Crippen molar-refractivity contribution < 1.29 is 14.7 Å². The maximum absolute atomic E-state index is 12.1. The molecule has 0 aliphatic carbocycles. The molecule has 2 rings (SSSR count). The molecule has 23 heavy (non-hydrogen) atoms. The van der Waals surface area contributed by atoms with Crippen LogP contribution in [0, 0.1) is 11.3 Å². The van der Waals surface area contributed by atoms with E-state index in [0.29, 0.717) is 5.69 Å². The van der Waals surface area contributed by atoms with Crippen molar-refractivity contribution in [3.63, 3.8) is 0 Å². The lowest BCUT2D eigenvalue weighted by atomic mass is 10.1. The van der Waals surface area contributed by atoms with Crippen LogP contribution in [0.2, 0.25) is 0 Å². The summed E-state index contributed by atoms with van der Waals surface area (Å²) in [7, 11) is 0. The van der Waals surface area contributed by atoms with Gasteiger partial charge in [0, 0.05) is 10.2 Å². The fourth-order valence-corrected chi connectivity index (χ4v) is 2.03. The van der Waals surface area contributed by atoms with E-state index in [1.165, 1.54) is 30.3 Å². The molecule has 2 aromatic carbocycles. The number of aromatic carboxylic acids is 1. The molecule has 2 aromatic rings. The number of rotatable bonds is 4. The average molecular weight is 371 g/mol. The molecule has 0 fully saturated rings. The first kappa shape index (κ1) is 16.5. The first-order valence-electron chi connectivity index (χ1n) is 6.51. The first-order chi connectivity index (χ1) is 11.0. The predicted molar refractivity (Wildman–Crippen MR) is 89.8 cm³/mol. The number of anilines is 1. The van der Waals surface area contributed by atoms with Crippen LogP contribution in [0.3, 0.4) is 0 Å². The van der Waals surface area contributed by atoms with E-state index in [1.807, 2.05) is 18.2 Å². The van der Waals surface area contributed by atoms with E-state index in [0.717, 1.165) is 10.0 Å². The minimum Gasteiger partial charge on any atom is -0.478 e. The predicted octanol–water partition coefficient (Wildman–Crippen LogP) is 3.69. The van der Waals surface area contributed by atoms with E-state index in [9.17, 15) is 9.59 Å². The van der Waals surface area contributed by atoms with Crippen LogP contribution in [0.15, 0.2) is 58.6 Å². The fourth-order valence-electron chi connectivity index (χ4n) is 1.77. The minimum atomic E-state index is -1.05. The summed E-state index contributed by atoms with van der Waals surface area (Å²) in [5, 5.41) is 20.5. The van der Waals surface area contributed by atoms with Gasteiger partial charge in [0.25, 0.3) is 5.91 Å². The summed E-state index contributed by atoms with van der Waals surface area (Å²) in [6, 6.07) is 14.7. The van der Waals surface area contributed by atoms with E-state index in [-0.39, 0.29) is 11.1 Å². The number of carbonyl (C=O) groups is 2. The molecule has 0 radical (unpaired) electrons. The molecule has 0 saturated heterocycles. The fraction of sp³-hybridized carbons (Fsp3) is 0. The molecule has 6 heteroatoms. The normalized spacial score (nSPS) is 10.7. The van der Waals surface area contributed by atoms with Crippen LogP contribution in [0.1, 0.15) is 15.9 Å². The van der Waals surface area contributed by atoms with Gasteiger partial charge < -0.3 is 10.4 Å². The summed E-state index contributed by atoms with van der Waals surface area (Å²) in [5.74, 6) is -1.60. The molecule has 0 unspecified atom stereocenters. The van der Waals surface area contributed by atoms with E-state index in [4.69, 9.17) is 10.4 Å². The molecule has 1 amide bonds. The summed E-state index contributed by atoms with van der Waals surface area (Å²) in [6.07, 6.45) is 1.48. The zero-order valence-electron chi connectivity index (χ0n) is 11.8. The van der Waals surface area contributed by atoms with Gasteiger partial charge >= 0.3 is 5.97 Å². The van der Waals surface area contributed by atoms with Crippen molar-refractivity contribution in [2.45, 2.75) is 0 Å². The largest absolute Gasteiger partial charge is 0.478 e. The number of halogens is 1. The van der Waals surface area contributed by atoms with Gasteiger partial charge in [0.15, 0.2) is 0 Å². The van der Waals surface area contributed by atoms with Gasteiger partial charge in [-0.2, -0.15) is 5.26 Å². The lowest BCUT2D eigenvalue weighted by molar-refractivity contribution is -0.112. The number of amides is 1. The minimum absolute atomic E-state index is 0.0466. The van der Waals surface area contributed by atoms with E-state index >= 15 is 0 Å². The van der Waals surface area contributed by atoms with Crippen molar-refractivity contribution in [3.8, 4) is 6.07 Å². The van der Waals surface area contributed by atoms with E-state index in [2.05, 4.69) is 21.2 Å². The second-order valence-corrected chi connectivity index (χ2v) is 5.47. The van der Waals surface area contributed by atoms with Crippen LogP contribution in [-0.4, -0.2) is 17.0 Å². The van der Waals surface area contributed by atoms with Crippen LogP contribution in [0.4, 0.5) is 5.69 Å². The number of carboxylic acid groups (broad SMARTS) is 1. The number of hydrogen-bond acceptors (Lipinski definition) is 3. The zero-order chi connectivity index (χ0) is 16.8. The Kier molecular flexibility index (Phi) is 5.28. The highest BCUT2D eigenvalue weighted by Crippen LogP contribution is 2.15. The van der Waals surface area contributed by atoms with Gasteiger partial charge in [0.05, 0.1) is 5.56 Å². The maximum Gasteiger partial charge on any atom is 0.335 e. The molecular weight excluding hydrogens is 360 g/mol. The molecule has 0 aliphatic rings. The van der Waals surface area contributed by atoms with Crippen LogP contribution in [-0.2, 0) is 4.79 Å². The highest BCUT2D eigenvalue weighted by atomic mass is 79.9. The Bertz CT molecular complexity index is 803. The summed E-state index contributed by atoms with van der Waals surface area (Å²) in [5.41, 5.74) is 1.21. The van der Waals surface area contributed by atoms with Gasteiger partial charge in [-0.3, -0.25) is 4.79 Å². The van der Waals surface area contributed by atoms with Gasteiger partial charge in [-0.25, -0.2) is 4.79 Å². The number of carboxylic acids is 1. The number of nitriles is 1. The van der Waals surface area contributed by atoms with Crippen LogP contribution >= 0.6 is 15.9 Å². The monoisotopic (exact) mass is 370 g/mol. The molecule has 0 heterocycles. The second kappa shape index (κ2) is 7.38. The van der Waals surface area contributed by atoms with Crippen molar-refractivity contribution in [1.82, 2.24) is 0 Å². The first-order valence-corrected chi connectivity index (χ1v) is 7.31.